The Kier molecular flexibility index (Phi) is 6.19. The van der Waals surface area contributed by atoms with Crippen LogP contribution in [0.1, 0.15) is 37.3 Å². The minimum Gasteiger partial charge on any atom is -0.326 e. The lowest BCUT2D eigenvalue weighted by molar-refractivity contribution is -0.117. The zero-order valence-corrected chi connectivity index (χ0v) is 16.4. The molecule has 1 aromatic heterocycles. The van der Waals surface area contributed by atoms with Gasteiger partial charge < -0.3 is 10.6 Å². The monoisotopic (exact) mass is 381 g/mol. The summed E-state index contributed by atoms with van der Waals surface area (Å²) in [6.45, 7) is 3.99. The number of fused-ring (bicyclic) bond motifs is 1. The maximum atomic E-state index is 12.2. The van der Waals surface area contributed by atoms with E-state index in [9.17, 15) is 9.59 Å². The number of thiazole rings is 1. The highest BCUT2D eigenvalue weighted by Crippen LogP contribution is 2.27. The lowest BCUT2D eigenvalue weighted by Gasteiger charge is -2.06. The zero-order chi connectivity index (χ0) is 19.2. The molecule has 0 radical (unpaired) electrons. The van der Waals surface area contributed by atoms with Crippen molar-refractivity contribution in [1.29, 1.82) is 0 Å². The second-order valence-electron chi connectivity index (χ2n) is 6.53. The molecule has 0 aliphatic heterocycles. The zero-order valence-electron chi connectivity index (χ0n) is 15.5. The van der Waals surface area contributed by atoms with Crippen LogP contribution in [0, 0.1) is 6.92 Å². The minimum atomic E-state index is -0.00967. The molecule has 2 aromatic carbocycles. The fourth-order valence-electron chi connectivity index (χ4n) is 2.71. The Morgan fingerprint density at radius 3 is 2.48 bits per heavy atom. The number of carbonyl (C=O) groups excluding carboxylic acids is 2. The van der Waals surface area contributed by atoms with Crippen LogP contribution in [-0.2, 0) is 16.0 Å². The van der Waals surface area contributed by atoms with Crippen molar-refractivity contribution in [2.24, 2.45) is 0 Å². The van der Waals surface area contributed by atoms with Crippen LogP contribution < -0.4 is 10.6 Å². The number of carbonyl (C=O) groups is 2. The van der Waals surface area contributed by atoms with E-state index in [4.69, 9.17) is 0 Å². The SMILES string of the molecule is CCCC(=O)Nc1nc2ccc(CCC(=O)Nc3ccc(C)cc3)cc2s1. The molecule has 140 valence electrons. The first-order valence-corrected chi connectivity index (χ1v) is 9.91. The highest BCUT2D eigenvalue weighted by Gasteiger charge is 2.09. The molecular formula is C21H23N3O2S. The topological polar surface area (TPSA) is 71.1 Å². The molecule has 0 saturated heterocycles. The predicted octanol–water partition coefficient (Wildman–Crippen LogP) is 4.91. The first kappa shape index (κ1) is 19.0. The summed E-state index contributed by atoms with van der Waals surface area (Å²) < 4.78 is 1.01. The second kappa shape index (κ2) is 8.77. The van der Waals surface area contributed by atoms with Gasteiger partial charge in [-0.05, 0) is 49.6 Å². The molecule has 5 nitrogen and oxygen atoms in total. The molecule has 0 fully saturated rings. The Morgan fingerprint density at radius 2 is 1.74 bits per heavy atom. The molecule has 3 aromatic rings. The third-order valence-electron chi connectivity index (χ3n) is 4.15. The van der Waals surface area contributed by atoms with E-state index in [2.05, 4.69) is 15.6 Å². The number of nitrogens with zero attached hydrogens (tertiary/aromatic N) is 1. The fourth-order valence-corrected chi connectivity index (χ4v) is 3.65. The number of benzene rings is 2. The van der Waals surface area contributed by atoms with Crippen molar-refractivity contribution < 1.29 is 9.59 Å². The van der Waals surface area contributed by atoms with Crippen LogP contribution in [0.4, 0.5) is 10.8 Å². The van der Waals surface area contributed by atoms with Gasteiger partial charge >= 0.3 is 0 Å². The average molecular weight is 382 g/mol. The number of amides is 2. The summed E-state index contributed by atoms with van der Waals surface area (Å²) in [5.41, 5.74) is 3.92. The first-order valence-electron chi connectivity index (χ1n) is 9.09. The van der Waals surface area contributed by atoms with E-state index in [-0.39, 0.29) is 11.8 Å². The van der Waals surface area contributed by atoms with Gasteiger partial charge in [0.15, 0.2) is 5.13 Å². The Morgan fingerprint density at radius 1 is 1.00 bits per heavy atom. The maximum absolute atomic E-state index is 12.2. The maximum Gasteiger partial charge on any atom is 0.226 e. The third kappa shape index (κ3) is 5.37. The summed E-state index contributed by atoms with van der Waals surface area (Å²) in [6, 6.07) is 13.7. The lowest BCUT2D eigenvalue weighted by atomic mass is 10.1. The van der Waals surface area contributed by atoms with Crippen LogP contribution in [0.25, 0.3) is 10.2 Å². The lowest BCUT2D eigenvalue weighted by Crippen LogP contribution is -2.12. The van der Waals surface area contributed by atoms with Crippen LogP contribution in [0.15, 0.2) is 42.5 Å². The minimum absolute atomic E-state index is 0.00391. The molecule has 0 saturated carbocycles. The van der Waals surface area contributed by atoms with Crippen LogP contribution >= 0.6 is 11.3 Å². The second-order valence-corrected chi connectivity index (χ2v) is 7.56. The molecule has 0 aliphatic carbocycles. The van der Waals surface area contributed by atoms with Gasteiger partial charge in [0.1, 0.15) is 0 Å². The number of aromatic nitrogens is 1. The summed E-state index contributed by atoms with van der Waals surface area (Å²) in [5.74, 6) is -0.0136. The van der Waals surface area contributed by atoms with E-state index in [1.807, 2.05) is 56.3 Å². The Hall–Kier alpha value is -2.73. The fraction of sp³-hybridized carbons (Fsp3) is 0.286. The Labute approximate surface area is 162 Å². The van der Waals surface area contributed by atoms with Gasteiger partial charge in [-0.1, -0.05) is 42.0 Å². The summed E-state index contributed by atoms with van der Waals surface area (Å²) in [5, 5.41) is 6.38. The van der Waals surface area contributed by atoms with Crippen LogP contribution in [0.5, 0.6) is 0 Å². The van der Waals surface area contributed by atoms with Crippen molar-refractivity contribution in [2.45, 2.75) is 39.5 Å². The standard InChI is InChI=1S/C21H23N3O2S/c1-3-4-19(25)24-21-23-17-11-7-15(13-18(17)27-21)8-12-20(26)22-16-9-5-14(2)6-10-16/h5-7,9-11,13H,3-4,8,12H2,1-2H3,(H,22,26)(H,23,24,25). The molecule has 3 rings (SSSR count). The van der Waals surface area contributed by atoms with Crippen LogP contribution in [-0.4, -0.2) is 16.8 Å². The van der Waals surface area contributed by atoms with Crippen molar-refractivity contribution in [3.63, 3.8) is 0 Å². The van der Waals surface area contributed by atoms with Gasteiger partial charge in [-0.15, -0.1) is 0 Å². The molecule has 2 N–H and O–H groups in total. The van der Waals surface area contributed by atoms with Crippen molar-refractivity contribution >= 4 is 44.2 Å². The molecule has 2 amide bonds. The molecule has 0 atom stereocenters. The predicted molar refractivity (Wildman–Crippen MR) is 111 cm³/mol. The van der Waals surface area contributed by atoms with Crippen molar-refractivity contribution in [3.8, 4) is 0 Å². The number of hydrogen-bond acceptors (Lipinski definition) is 4. The van der Waals surface area contributed by atoms with Crippen molar-refractivity contribution in [3.05, 3.63) is 53.6 Å². The molecule has 0 spiro atoms. The van der Waals surface area contributed by atoms with E-state index in [0.717, 1.165) is 33.5 Å². The third-order valence-corrected chi connectivity index (χ3v) is 5.09. The van der Waals surface area contributed by atoms with Gasteiger partial charge in [0, 0.05) is 18.5 Å². The normalized spacial score (nSPS) is 10.7. The summed E-state index contributed by atoms with van der Waals surface area (Å²) in [7, 11) is 0. The van der Waals surface area contributed by atoms with Gasteiger partial charge in [0.2, 0.25) is 11.8 Å². The number of nitrogens with one attached hydrogen (secondary N) is 2. The van der Waals surface area contributed by atoms with Gasteiger partial charge in [-0.2, -0.15) is 0 Å². The Bertz CT molecular complexity index is 948. The number of anilines is 2. The molecule has 0 unspecified atom stereocenters. The van der Waals surface area contributed by atoms with Crippen molar-refractivity contribution in [1.82, 2.24) is 4.98 Å². The smallest absolute Gasteiger partial charge is 0.226 e. The molecule has 0 bridgehead atoms. The number of aryl methyl sites for hydroxylation is 2. The largest absolute Gasteiger partial charge is 0.326 e. The van der Waals surface area contributed by atoms with E-state index in [1.165, 1.54) is 11.3 Å². The first-order chi connectivity index (χ1) is 13.0. The van der Waals surface area contributed by atoms with Gasteiger partial charge in [0.25, 0.3) is 0 Å². The Balaban J connectivity index is 1.59. The average Bonchev–Trinajstić information content (AvgIpc) is 3.03. The molecule has 0 aliphatic rings. The van der Waals surface area contributed by atoms with Gasteiger partial charge in [-0.25, -0.2) is 4.98 Å². The van der Waals surface area contributed by atoms with Crippen molar-refractivity contribution in [2.75, 3.05) is 10.6 Å². The summed E-state index contributed by atoms with van der Waals surface area (Å²) >= 11 is 1.46. The molecule has 6 heteroatoms. The number of rotatable bonds is 7. The van der Waals surface area contributed by atoms with Gasteiger partial charge in [0.05, 0.1) is 10.2 Å². The van der Waals surface area contributed by atoms with Gasteiger partial charge in [-0.3, -0.25) is 9.59 Å². The van der Waals surface area contributed by atoms with E-state index < -0.39 is 0 Å². The van der Waals surface area contributed by atoms with Crippen LogP contribution in [0.3, 0.4) is 0 Å². The van der Waals surface area contributed by atoms with E-state index in [1.54, 1.807) is 0 Å². The highest BCUT2D eigenvalue weighted by molar-refractivity contribution is 7.22. The molecule has 27 heavy (non-hydrogen) atoms. The quantitative estimate of drug-likeness (QED) is 0.610. The summed E-state index contributed by atoms with van der Waals surface area (Å²) in [4.78, 5) is 28.3. The molecule has 1 heterocycles. The molecular weight excluding hydrogens is 358 g/mol. The summed E-state index contributed by atoms with van der Waals surface area (Å²) in [6.07, 6.45) is 2.38. The highest BCUT2D eigenvalue weighted by atomic mass is 32.1. The van der Waals surface area contributed by atoms with Crippen LogP contribution in [0.2, 0.25) is 0 Å². The number of hydrogen-bond donors (Lipinski definition) is 2. The van der Waals surface area contributed by atoms with E-state index >= 15 is 0 Å². The van der Waals surface area contributed by atoms with E-state index in [0.29, 0.717) is 24.4 Å².